The lowest BCUT2D eigenvalue weighted by atomic mass is 10.1. The number of fused-ring (bicyclic) bond motifs is 2. The van der Waals surface area contributed by atoms with Gasteiger partial charge in [0.15, 0.2) is 0 Å². The van der Waals surface area contributed by atoms with Gasteiger partial charge in [0.05, 0.1) is 12.3 Å². The molecule has 5 nitrogen and oxygen atoms in total. The van der Waals surface area contributed by atoms with E-state index in [1.807, 2.05) is 44.2 Å². The molecule has 2 aromatic carbocycles. The minimum absolute atomic E-state index is 0. The average Bonchev–Trinajstić information content (AvgIpc) is 3.19. The van der Waals surface area contributed by atoms with Crippen molar-refractivity contribution in [3.8, 4) is 11.5 Å². The highest BCUT2D eigenvalue weighted by atomic mass is 35.5. The van der Waals surface area contributed by atoms with Gasteiger partial charge in [0.1, 0.15) is 17.6 Å². The predicted octanol–water partition coefficient (Wildman–Crippen LogP) is 3.69. The van der Waals surface area contributed by atoms with Crippen LogP contribution in [0.3, 0.4) is 0 Å². The van der Waals surface area contributed by atoms with E-state index < -0.39 is 0 Å². The lowest BCUT2D eigenvalue weighted by Crippen LogP contribution is -2.13. The summed E-state index contributed by atoms with van der Waals surface area (Å²) in [7, 11) is 0. The molecular weight excluding hydrogens is 352 g/mol. The lowest BCUT2D eigenvalue weighted by Gasteiger charge is -2.14. The first-order chi connectivity index (χ1) is 12.1. The third-order valence-electron chi connectivity index (χ3n) is 4.65. The molecule has 1 unspecified atom stereocenters. The molecule has 6 heteroatoms. The Labute approximate surface area is 159 Å². The molecule has 1 atom stereocenters. The van der Waals surface area contributed by atoms with Gasteiger partial charge in [0.25, 0.3) is 5.91 Å². The molecule has 138 valence electrons. The van der Waals surface area contributed by atoms with Crippen LogP contribution in [0, 0.1) is 0 Å². The number of amides is 1. The van der Waals surface area contributed by atoms with Crippen molar-refractivity contribution in [2.75, 3.05) is 11.9 Å². The second-order valence-corrected chi connectivity index (χ2v) is 6.56. The number of nitrogens with one attached hydrogen (secondary N) is 2. The molecule has 0 bridgehead atoms. The SMILES string of the molecule is CCOc1cc2c(cc1NC(=O)c1ccc3c(c1)CNC3)OC(C)C2.Cl. The van der Waals surface area contributed by atoms with Gasteiger partial charge >= 0.3 is 0 Å². The van der Waals surface area contributed by atoms with Crippen LogP contribution in [0.4, 0.5) is 5.69 Å². The normalized spacial score (nSPS) is 16.9. The van der Waals surface area contributed by atoms with Crippen molar-refractivity contribution in [2.24, 2.45) is 0 Å². The Hall–Kier alpha value is -2.24. The molecule has 0 spiro atoms. The maximum Gasteiger partial charge on any atom is 0.255 e. The molecule has 1 amide bonds. The fourth-order valence-electron chi connectivity index (χ4n) is 3.44. The van der Waals surface area contributed by atoms with E-state index in [1.165, 1.54) is 11.1 Å². The zero-order valence-corrected chi connectivity index (χ0v) is 15.7. The summed E-state index contributed by atoms with van der Waals surface area (Å²) in [5.41, 5.74) is 4.87. The quantitative estimate of drug-likeness (QED) is 0.857. The molecule has 0 saturated heterocycles. The van der Waals surface area contributed by atoms with Crippen LogP contribution >= 0.6 is 12.4 Å². The van der Waals surface area contributed by atoms with Gasteiger partial charge in [-0.3, -0.25) is 4.79 Å². The third kappa shape index (κ3) is 3.50. The summed E-state index contributed by atoms with van der Waals surface area (Å²) in [6.07, 6.45) is 1.01. The van der Waals surface area contributed by atoms with Crippen molar-refractivity contribution in [1.29, 1.82) is 0 Å². The smallest absolute Gasteiger partial charge is 0.255 e. The van der Waals surface area contributed by atoms with Crippen molar-refractivity contribution in [1.82, 2.24) is 5.32 Å². The molecule has 26 heavy (non-hydrogen) atoms. The summed E-state index contributed by atoms with van der Waals surface area (Å²) in [6.45, 7) is 6.20. The maximum atomic E-state index is 12.7. The lowest BCUT2D eigenvalue weighted by molar-refractivity contribution is 0.102. The van der Waals surface area contributed by atoms with Crippen LogP contribution < -0.4 is 20.1 Å². The average molecular weight is 375 g/mol. The van der Waals surface area contributed by atoms with Crippen LogP contribution in [0.25, 0.3) is 0 Å². The molecule has 2 aliphatic rings. The van der Waals surface area contributed by atoms with E-state index in [1.54, 1.807) is 0 Å². The van der Waals surface area contributed by atoms with Gasteiger partial charge in [-0.05, 0) is 43.2 Å². The molecule has 2 heterocycles. The Morgan fingerprint density at radius 2 is 2.04 bits per heavy atom. The van der Waals surface area contributed by atoms with Crippen molar-refractivity contribution in [2.45, 2.75) is 39.5 Å². The summed E-state index contributed by atoms with van der Waals surface area (Å²) < 4.78 is 11.5. The largest absolute Gasteiger partial charge is 0.492 e. The minimum Gasteiger partial charge on any atom is -0.492 e. The van der Waals surface area contributed by atoms with Crippen molar-refractivity contribution in [3.05, 3.63) is 52.6 Å². The highest BCUT2D eigenvalue weighted by molar-refractivity contribution is 6.05. The first-order valence-electron chi connectivity index (χ1n) is 8.74. The number of anilines is 1. The fraction of sp³-hybridized carbons (Fsp3) is 0.350. The number of benzene rings is 2. The van der Waals surface area contributed by atoms with Crippen molar-refractivity contribution in [3.63, 3.8) is 0 Å². The predicted molar refractivity (Wildman–Crippen MR) is 104 cm³/mol. The van der Waals surface area contributed by atoms with E-state index >= 15 is 0 Å². The van der Waals surface area contributed by atoms with Crippen molar-refractivity contribution >= 4 is 24.0 Å². The topological polar surface area (TPSA) is 59.6 Å². The van der Waals surface area contributed by atoms with E-state index in [-0.39, 0.29) is 24.4 Å². The highest BCUT2D eigenvalue weighted by Gasteiger charge is 2.23. The summed E-state index contributed by atoms with van der Waals surface area (Å²) in [4.78, 5) is 12.7. The van der Waals surface area contributed by atoms with Crippen LogP contribution in [-0.4, -0.2) is 18.6 Å². The van der Waals surface area contributed by atoms with Crippen LogP contribution in [0.15, 0.2) is 30.3 Å². The first-order valence-corrected chi connectivity index (χ1v) is 8.74. The molecule has 0 saturated carbocycles. The van der Waals surface area contributed by atoms with Gasteiger partial charge < -0.3 is 20.1 Å². The van der Waals surface area contributed by atoms with Gasteiger partial charge in [-0.15, -0.1) is 12.4 Å². The zero-order chi connectivity index (χ0) is 17.4. The summed E-state index contributed by atoms with van der Waals surface area (Å²) in [6, 6.07) is 9.69. The van der Waals surface area contributed by atoms with Gasteiger partial charge in [0, 0.05) is 36.7 Å². The molecule has 0 fully saturated rings. The molecular formula is C20H23ClN2O3. The number of halogens is 1. The summed E-state index contributed by atoms with van der Waals surface area (Å²) >= 11 is 0. The van der Waals surface area contributed by atoms with E-state index in [9.17, 15) is 4.79 Å². The molecule has 0 aliphatic carbocycles. The Morgan fingerprint density at radius 1 is 1.23 bits per heavy atom. The Morgan fingerprint density at radius 3 is 2.85 bits per heavy atom. The second kappa shape index (κ2) is 7.56. The Balaban J connectivity index is 0.00000196. The van der Waals surface area contributed by atoms with Crippen molar-refractivity contribution < 1.29 is 14.3 Å². The number of carbonyl (C=O) groups is 1. The van der Waals surface area contributed by atoms with Crippen LogP contribution in [-0.2, 0) is 19.5 Å². The molecule has 0 aromatic heterocycles. The number of rotatable bonds is 4. The second-order valence-electron chi connectivity index (χ2n) is 6.56. The van der Waals surface area contributed by atoms with E-state index in [4.69, 9.17) is 9.47 Å². The molecule has 4 rings (SSSR count). The van der Waals surface area contributed by atoms with E-state index in [0.717, 1.165) is 30.8 Å². The monoisotopic (exact) mass is 374 g/mol. The van der Waals surface area contributed by atoms with Gasteiger partial charge in [0.2, 0.25) is 0 Å². The first kappa shape index (κ1) is 18.5. The fourth-order valence-corrected chi connectivity index (χ4v) is 3.44. The van der Waals surface area contributed by atoms with Gasteiger partial charge in [-0.2, -0.15) is 0 Å². The Kier molecular flexibility index (Phi) is 5.39. The summed E-state index contributed by atoms with van der Waals surface area (Å²) in [5.74, 6) is 1.38. The third-order valence-corrected chi connectivity index (χ3v) is 4.65. The molecule has 2 aliphatic heterocycles. The number of ether oxygens (including phenoxy) is 2. The standard InChI is InChI=1S/C20H22N2O3.ClH/c1-3-24-19-8-15-6-12(2)25-18(15)9-17(19)22-20(23)13-4-5-14-10-21-11-16(14)7-13;/h4-5,7-9,12,21H,3,6,10-11H2,1-2H3,(H,22,23);1H. The van der Waals surface area contributed by atoms with Gasteiger partial charge in [-0.1, -0.05) is 6.07 Å². The zero-order valence-electron chi connectivity index (χ0n) is 14.9. The van der Waals surface area contributed by atoms with Gasteiger partial charge in [-0.25, -0.2) is 0 Å². The minimum atomic E-state index is -0.137. The molecule has 2 aromatic rings. The molecule has 2 N–H and O–H groups in total. The van der Waals surface area contributed by atoms with E-state index in [2.05, 4.69) is 10.6 Å². The van der Waals surface area contributed by atoms with Crippen LogP contribution in [0.1, 0.15) is 40.9 Å². The van der Waals surface area contributed by atoms with Crippen LogP contribution in [0.2, 0.25) is 0 Å². The number of carbonyl (C=O) groups excluding carboxylic acids is 1. The number of hydrogen-bond acceptors (Lipinski definition) is 4. The van der Waals surface area contributed by atoms with Crippen LogP contribution in [0.5, 0.6) is 11.5 Å². The molecule has 0 radical (unpaired) electrons. The highest BCUT2D eigenvalue weighted by Crippen LogP contribution is 2.38. The summed E-state index contributed by atoms with van der Waals surface area (Å²) in [5, 5.41) is 6.28. The number of hydrogen-bond donors (Lipinski definition) is 2. The van der Waals surface area contributed by atoms with E-state index in [0.29, 0.717) is 23.6 Å². The Bertz CT molecular complexity index is 838. The maximum absolute atomic E-state index is 12.7.